The number of rotatable bonds is 23. The SMILES string of the molecule is CC[C@H](C)[C@@H]1NC(=O)[C@H](Cc2c[nH]c3ccccc23)NC(=O)[C@H]([C@@H](C)O)NC(=O)[C@@H]2CCCN2C(=O)[C@H]2CCCN2C(=O)[C@H](CCN)NC(=O)[C@H](C)NC(=O)[C@H](CCN)NC(=O)[C@H](CCN)NC(=O)[C@H](Cc2c[nH]c3ccccc23)NC(=O)[C@H](CCN)NC(=O)[C@H](CCN)NC(=O)[C@H](CCCCN)NC(=O)[C@H](CCN)NC1=O. The third kappa shape index (κ3) is 24.6. The summed E-state index contributed by atoms with van der Waals surface area (Å²) < 4.78 is 0. The summed E-state index contributed by atoms with van der Waals surface area (Å²) in [4.78, 5) is 214. The molecule has 4 aromatic rings. The number of aromatic amines is 2. The van der Waals surface area contributed by atoms with E-state index in [1.807, 2.05) is 0 Å². The van der Waals surface area contributed by atoms with E-state index in [2.05, 4.69) is 73.8 Å². The second kappa shape index (κ2) is 44.3. The monoisotopic (exact) mass is 1580 g/mol. The van der Waals surface area contributed by atoms with Gasteiger partial charge in [-0.05, 0) is 172 Å². The predicted octanol–water partition coefficient (Wildman–Crippen LogP) is -6.08. The lowest BCUT2D eigenvalue weighted by molar-refractivity contribution is -0.148. The van der Waals surface area contributed by atoms with Gasteiger partial charge in [0.25, 0.3) is 0 Å². The Labute approximate surface area is 655 Å². The van der Waals surface area contributed by atoms with Gasteiger partial charge >= 0.3 is 0 Å². The number of para-hydroxylation sites is 2. The number of H-pyrrole nitrogens is 2. The highest BCUT2D eigenvalue weighted by atomic mass is 16.3. The minimum absolute atomic E-state index is 0.0453. The molecule has 622 valence electrons. The van der Waals surface area contributed by atoms with E-state index in [0.29, 0.717) is 52.2 Å². The van der Waals surface area contributed by atoms with Crippen molar-refractivity contribution in [2.45, 2.75) is 221 Å². The van der Waals surface area contributed by atoms with Crippen molar-refractivity contribution in [2.75, 3.05) is 58.9 Å². The first-order chi connectivity index (χ1) is 54.1. The van der Waals surface area contributed by atoms with Gasteiger partial charge in [-0.1, -0.05) is 56.7 Å². The van der Waals surface area contributed by atoms with Crippen LogP contribution < -0.4 is 104 Å². The van der Waals surface area contributed by atoms with Gasteiger partial charge in [0.15, 0.2) is 0 Å². The van der Waals surface area contributed by atoms with Crippen molar-refractivity contribution in [3.8, 4) is 0 Å². The Hall–Kier alpha value is -10.2. The van der Waals surface area contributed by atoms with E-state index in [1.54, 1.807) is 74.8 Å². The van der Waals surface area contributed by atoms with Gasteiger partial charge in [0.05, 0.1) is 6.10 Å². The maximum absolute atomic E-state index is 15.0. The molecule has 0 radical (unpaired) electrons. The van der Waals surface area contributed by atoms with Crippen LogP contribution in [-0.4, -0.2) is 257 Å². The average molecular weight is 1580 g/mol. The van der Waals surface area contributed by atoms with Gasteiger partial charge in [0, 0.05) is 60.1 Å². The van der Waals surface area contributed by atoms with E-state index < -0.39 is 179 Å². The van der Waals surface area contributed by atoms with Crippen LogP contribution in [-0.2, 0) is 80.0 Å². The van der Waals surface area contributed by atoms with Gasteiger partial charge in [0.2, 0.25) is 82.7 Å². The molecule has 3 saturated heterocycles. The van der Waals surface area contributed by atoms with Crippen LogP contribution in [0.3, 0.4) is 0 Å². The van der Waals surface area contributed by atoms with E-state index in [-0.39, 0.29) is 142 Å². The van der Waals surface area contributed by atoms with Gasteiger partial charge in [0.1, 0.15) is 84.6 Å². The lowest BCUT2D eigenvalue weighted by atomic mass is 9.96. The van der Waals surface area contributed by atoms with E-state index in [1.165, 1.54) is 23.6 Å². The molecule has 0 saturated carbocycles. The van der Waals surface area contributed by atoms with Crippen molar-refractivity contribution < 1.29 is 72.2 Å². The highest BCUT2D eigenvalue weighted by Gasteiger charge is 2.46. The fraction of sp³-hybridized carbons (Fsp3) is 0.600. The van der Waals surface area contributed by atoms with Crippen LogP contribution in [0, 0.1) is 5.92 Å². The summed E-state index contributed by atoms with van der Waals surface area (Å²) in [6, 6.07) is -5.80. The number of aliphatic hydroxyl groups is 1. The molecule has 2 aromatic carbocycles. The minimum atomic E-state index is -1.75. The maximum atomic E-state index is 15.0. The molecular formula is C75H117N23O15. The predicted molar refractivity (Wildman–Crippen MR) is 418 cm³/mol. The van der Waals surface area contributed by atoms with Crippen molar-refractivity contribution in [1.82, 2.24) is 83.6 Å². The van der Waals surface area contributed by atoms with Gasteiger partial charge in [-0.25, -0.2) is 0 Å². The molecule has 0 bridgehead atoms. The molecule has 113 heavy (non-hydrogen) atoms. The minimum Gasteiger partial charge on any atom is -0.391 e. The highest BCUT2D eigenvalue weighted by molar-refractivity contribution is 6.02. The molecule has 3 fully saturated rings. The topological polar surface area (TPSA) is 624 Å². The molecule has 0 aliphatic carbocycles. The molecule has 29 N–H and O–H groups in total. The summed E-state index contributed by atoms with van der Waals surface area (Å²) in [5.74, 6) is -12.8. The molecule has 3 aliphatic rings. The number of nitrogens with zero attached hydrogens (tertiary/aromatic N) is 2. The molecule has 38 nitrogen and oxygen atoms in total. The standard InChI is InChI=1S/C75H117N23O15/c1-5-40(2)60-72(110)91-54(25-32-81)67(105)86-49(18-10-11-27-76)64(102)88-51(22-29-78)65(103)89-53(24-31-80)68(106)93-56(36-43-38-83-47-16-8-6-14-45(43)47)69(107)90-52(23-30-79)66(104)87-50(21-28-77)63(101)85-41(3)62(100)92-55(26-33-82)74(112)98-35-13-20-59(98)75(113)97-34-12-19-58(97)71(109)96-61(42(4)99)73(111)94-57(70(108)95-60)37-44-39-84-48-17-9-7-15-46(44)48/h6-9,14-17,38-42,49-61,83-84,99H,5,10-13,18-37,76-82H2,1-4H3,(H,85,101)(H,86,105)(H,87,104)(H,88,102)(H,89,103)(H,90,107)(H,91,110)(H,92,100)(H,93,106)(H,94,111)(H,95,108)(H,96,109)/t40-,41-,42+,49-,50-,51-,52-,53-,54-,55-,56-,57-,58-,59+,60-,61-/m0/s1. The van der Waals surface area contributed by atoms with Crippen molar-refractivity contribution in [3.05, 3.63) is 72.1 Å². The fourth-order valence-corrected chi connectivity index (χ4v) is 14.2. The number of aliphatic hydroxyl groups excluding tert-OH is 1. The summed E-state index contributed by atoms with van der Waals surface area (Å²) in [5, 5.41) is 44.6. The van der Waals surface area contributed by atoms with E-state index >= 15 is 4.79 Å². The Bertz CT molecular complexity index is 3950. The number of carbonyl (C=O) groups is 14. The zero-order chi connectivity index (χ0) is 82.6. The Morgan fingerprint density at radius 2 is 0.726 bits per heavy atom. The Morgan fingerprint density at radius 3 is 1.16 bits per heavy atom. The third-order valence-corrected chi connectivity index (χ3v) is 20.8. The molecule has 5 heterocycles. The molecule has 3 aliphatic heterocycles. The fourth-order valence-electron chi connectivity index (χ4n) is 14.2. The second-order valence-electron chi connectivity index (χ2n) is 29.1. The number of benzene rings is 2. The number of amides is 14. The first-order valence-corrected chi connectivity index (χ1v) is 39.1. The number of hydrogen-bond donors (Lipinski definition) is 22. The summed E-state index contributed by atoms with van der Waals surface area (Å²) in [7, 11) is 0. The lowest BCUT2D eigenvalue weighted by Crippen LogP contribution is -2.62. The zero-order valence-electron chi connectivity index (χ0n) is 64.8. The number of fused-ring (bicyclic) bond motifs is 4. The summed E-state index contributed by atoms with van der Waals surface area (Å²) >= 11 is 0. The molecule has 14 amide bonds. The molecular weight excluding hydrogens is 1460 g/mol. The Morgan fingerprint density at radius 1 is 0.381 bits per heavy atom. The van der Waals surface area contributed by atoms with E-state index in [0.717, 1.165) is 0 Å². The van der Waals surface area contributed by atoms with Crippen molar-refractivity contribution in [2.24, 2.45) is 46.1 Å². The Kier molecular flexibility index (Phi) is 35.3. The largest absolute Gasteiger partial charge is 0.391 e. The van der Waals surface area contributed by atoms with Crippen LogP contribution in [0.5, 0.6) is 0 Å². The second-order valence-corrected chi connectivity index (χ2v) is 29.1. The van der Waals surface area contributed by atoms with Crippen molar-refractivity contribution in [1.29, 1.82) is 0 Å². The molecule has 38 heteroatoms. The number of nitrogens with one attached hydrogen (secondary N) is 14. The van der Waals surface area contributed by atoms with Crippen LogP contribution in [0.15, 0.2) is 60.9 Å². The normalized spacial score (nSPS) is 26.8. The van der Waals surface area contributed by atoms with Crippen LogP contribution in [0.25, 0.3) is 21.8 Å². The van der Waals surface area contributed by atoms with Gasteiger partial charge in [-0.2, -0.15) is 0 Å². The third-order valence-electron chi connectivity index (χ3n) is 20.8. The van der Waals surface area contributed by atoms with Gasteiger partial charge in [-0.15, -0.1) is 0 Å². The van der Waals surface area contributed by atoms with Crippen LogP contribution in [0.4, 0.5) is 0 Å². The molecule has 2 aromatic heterocycles. The van der Waals surface area contributed by atoms with Crippen molar-refractivity contribution >= 4 is 105 Å². The smallest absolute Gasteiger partial charge is 0.246 e. The lowest BCUT2D eigenvalue weighted by Gasteiger charge is -2.34. The van der Waals surface area contributed by atoms with E-state index in [9.17, 15) is 67.4 Å². The number of unbranched alkanes of at least 4 members (excludes halogenated alkanes) is 1. The summed E-state index contributed by atoms with van der Waals surface area (Å²) in [5.41, 5.74) is 44.5. The highest BCUT2D eigenvalue weighted by Crippen LogP contribution is 2.28. The maximum Gasteiger partial charge on any atom is 0.246 e. The summed E-state index contributed by atoms with van der Waals surface area (Å²) in [6.45, 7) is 5.24. The Balaban J connectivity index is 1.24. The quantitative estimate of drug-likeness (QED) is 0.0307. The average Bonchev–Trinajstić information content (AvgIpc) is 1.66. The number of carbonyl (C=O) groups excluding carboxylic acids is 14. The first kappa shape index (κ1) is 90.0. The zero-order valence-corrected chi connectivity index (χ0v) is 64.8. The van der Waals surface area contributed by atoms with Crippen LogP contribution in [0.1, 0.15) is 129 Å². The molecule has 7 rings (SSSR count). The van der Waals surface area contributed by atoms with Gasteiger partial charge in [-0.3, -0.25) is 67.1 Å². The molecule has 0 spiro atoms. The number of hydrogen-bond acceptors (Lipinski definition) is 22. The van der Waals surface area contributed by atoms with Crippen LogP contribution in [0.2, 0.25) is 0 Å². The molecule has 16 atom stereocenters. The summed E-state index contributed by atoms with van der Waals surface area (Å²) in [6.07, 6.45) is 1.87. The number of nitrogens with two attached hydrogens (primary N) is 7. The molecule has 0 unspecified atom stereocenters. The van der Waals surface area contributed by atoms with Crippen molar-refractivity contribution in [3.63, 3.8) is 0 Å². The number of aromatic nitrogens is 2. The van der Waals surface area contributed by atoms with Crippen LogP contribution >= 0.6 is 0 Å². The van der Waals surface area contributed by atoms with E-state index in [4.69, 9.17) is 40.1 Å². The first-order valence-electron chi connectivity index (χ1n) is 39.1. The van der Waals surface area contributed by atoms with Gasteiger partial charge < -0.3 is 129 Å².